The molecule has 4 heteroatoms. The number of hydrogen-bond donors (Lipinski definition) is 1. The van der Waals surface area contributed by atoms with Gasteiger partial charge in [-0.15, -0.1) is 0 Å². The standard InChI is InChI=1S/C40H30BFN2/c1-24-11-4-5-14-28(24)29-15-9-18-32-38(29)43-34-22-26(25-12-8-13-27(42)21-25)23-36-37(34)41(32)33-19-10-17-31-39(33)44(36)35-20-7-6-16-30(35)40(31,2)3/h4-23,43H,1-3H3. The number of fused-ring (bicyclic) bond motifs is 6. The predicted molar refractivity (Wildman–Crippen MR) is 183 cm³/mol. The summed E-state index contributed by atoms with van der Waals surface area (Å²) in [6.45, 7) is 6.91. The summed E-state index contributed by atoms with van der Waals surface area (Å²) in [5.74, 6) is -0.232. The molecule has 210 valence electrons. The van der Waals surface area contributed by atoms with Gasteiger partial charge in [0.25, 0.3) is 6.71 Å². The number of benzene rings is 6. The van der Waals surface area contributed by atoms with Crippen molar-refractivity contribution in [2.24, 2.45) is 0 Å². The Morgan fingerprint density at radius 3 is 2.25 bits per heavy atom. The molecule has 0 fully saturated rings. The summed E-state index contributed by atoms with van der Waals surface area (Å²) in [6.07, 6.45) is 0. The van der Waals surface area contributed by atoms with Gasteiger partial charge in [-0.05, 0) is 87.0 Å². The molecule has 0 aliphatic carbocycles. The van der Waals surface area contributed by atoms with Gasteiger partial charge in [0.15, 0.2) is 0 Å². The second-order valence-corrected chi connectivity index (χ2v) is 12.8. The molecule has 1 N–H and O–H groups in total. The van der Waals surface area contributed by atoms with Crippen molar-refractivity contribution in [1.29, 1.82) is 0 Å². The number of nitrogens with one attached hydrogen (secondary N) is 1. The molecule has 0 unspecified atom stereocenters. The lowest BCUT2D eigenvalue weighted by molar-refractivity contribution is 0.628. The van der Waals surface area contributed by atoms with E-state index in [4.69, 9.17) is 0 Å². The average molecular weight is 569 g/mol. The Labute approximate surface area is 257 Å². The predicted octanol–water partition coefficient (Wildman–Crippen LogP) is 8.46. The SMILES string of the molecule is Cc1ccccc1-c1cccc2c1Nc1cc(-c3cccc(F)c3)cc3c1B2c1cccc2c1N3c1ccccc1C2(C)C. The molecule has 0 amide bonds. The lowest BCUT2D eigenvalue weighted by Gasteiger charge is -2.48. The van der Waals surface area contributed by atoms with Gasteiger partial charge >= 0.3 is 0 Å². The normalized spacial score (nSPS) is 14.6. The summed E-state index contributed by atoms with van der Waals surface area (Å²) in [7, 11) is 0. The second kappa shape index (κ2) is 8.97. The minimum absolute atomic E-state index is 0.0500. The van der Waals surface area contributed by atoms with E-state index in [0.717, 1.165) is 28.2 Å². The van der Waals surface area contributed by atoms with Crippen LogP contribution < -0.4 is 26.6 Å². The van der Waals surface area contributed by atoms with E-state index in [1.54, 1.807) is 12.1 Å². The Bertz CT molecular complexity index is 2180. The van der Waals surface area contributed by atoms with Crippen LogP contribution in [-0.4, -0.2) is 6.71 Å². The quantitative estimate of drug-likeness (QED) is 0.211. The maximum atomic E-state index is 14.6. The van der Waals surface area contributed by atoms with Crippen molar-refractivity contribution in [3.8, 4) is 22.3 Å². The van der Waals surface area contributed by atoms with E-state index in [9.17, 15) is 4.39 Å². The van der Waals surface area contributed by atoms with Crippen LogP contribution in [0.5, 0.6) is 0 Å². The highest BCUT2D eigenvalue weighted by Crippen LogP contribution is 2.53. The largest absolute Gasteiger partial charge is 0.356 e. The number of para-hydroxylation sites is 3. The van der Waals surface area contributed by atoms with Crippen molar-refractivity contribution in [2.75, 3.05) is 10.2 Å². The van der Waals surface area contributed by atoms with Gasteiger partial charge in [-0.25, -0.2) is 4.39 Å². The third kappa shape index (κ3) is 3.37. The molecule has 0 bridgehead atoms. The molecule has 44 heavy (non-hydrogen) atoms. The number of halogens is 1. The minimum atomic E-state index is -0.232. The Hall–Kier alpha value is -5.09. The number of nitrogens with zero attached hydrogens (tertiary/aromatic N) is 1. The molecule has 0 spiro atoms. The molecule has 0 saturated carbocycles. The summed E-state index contributed by atoms with van der Waals surface area (Å²) in [5.41, 5.74) is 17.7. The van der Waals surface area contributed by atoms with Crippen molar-refractivity contribution in [2.45, 2.75) is 26.2 Å². The first kappa shape index (κ1) is 25.4. The zero-order chi connectivity index (χ0) is 29.7. The fourth-order valence-electron chi connectivity index (χ4n) is 7.99. The van der Waals surface area contributed by atoms with Crippen molar-refractivity contribution >= 4 is 51.5 Å². The third-order valence-corrected chi connectivity index (χ3v) is 10.0. The van der Waals surface area contributed by atoms with E-state index < -0.39 is 0 Å². The Balaban J connectivity index is 1.40. The molecule has 0 aromatic heterocycles. The third-order valence-electron chi connectivity index (χ3n) is 10.0. The van der Waals surface area contributed by atoms with Gasteiger partial charge in [0.2, 0.25) is 0 Å². The van der Waals surface area contributed by atoms with Crippen molar-refractivity contribution in [3.05, 3.63) is 144 Å². The molecule has 3 aliphatic heterocycles. The lowest BCUT2D eigenvalue weighted by atomic mass is 9.33. The monoisotopic (exact) mass is 568 g/mol. The molecule has 0 atom stereocenters. The van der Waals surface area contributed by atoms with Crippen LogP contribution >= 0.6 is 0 Å². The molecule has 3 heterocycles. The van der Waals surface area contributed by atoms with Crippen molar-refractivity contribution < 1.29 is 4.39 Å². The lowest BCUT2D eigenvalue weighted by Crippen LogP contribution is -2.61. The van der Waals surface area contributed by atoms with Crippen LogP contribution in [0.3, 0.4) is 0 Å². The first-order valence-electron chi connectivity index (χ1n) is 15.3. The summed E-state index contributed by atoms with van der Waals surface area (Å²) < 4.78 is 14.6. The van der Waals surface area contributed by atoms with E-state index in [2.05, 4.69) is 128 Å². The van der Waals surface area contributed by atoms with Gasteiger partial charge in [-0.3, -0.25) is 0 Å². The van der Waals surface area contributed by atoms with Crippen LogP contribution in [0.25, 0.3) is 22.3 Å². The van der Waals surface area contributed by atoms with Crippen LogP contribution in [0.1, 0.15) is 30.5 Å². The summed E-state index contributed by atoms with van der Waals surface area (Å²) in [5, 5.41) is 3.93. The highest BCUT2D eigenvalue weighted by Gasteiger charge is 2.47. The van der Waals surface area contributed by atoms with Gasteiger partial charge < -0.3 is 10.2 Å². The van der Waals surface area contributed by atoms with E-state index >= 15 is 0 Å². The number of anilines is 5. The van der Waals surface area contributed by atoms with E-state index in [0.29, 0.717) is 0 Å². The zero-order valence-electron chi connectivity index (χ0n) is 24.9. The minimum Gasteiger partial charge on any atom is -0.356 e. The van der Waals surface area contributed by atoms with E-state index in [1.165, 1.54) is 61.6 Å². The Kier molecular flexibility index (Phi) is 5.18. The maximum Gasteiger partial charge on any atom is 0.252 e. The first-order chi connectivity index (χ1) is 21.4. The molecular weight excluding hydrogens is 538 g/mol. The van der Waals surface area contributed by atoms with Crippen LogP contribution in [0.4, 0.5) is 32.8 Å². The molecule has 6 aromatic rings. The highest BCUT2D eigenvalue weighted by atomic mass is 19.1. The smallest absolute Gasteiger partial charge is 0.252 e. The van der Waals surface area contributed by atoms with Gasteiger partial charge in [0.1, 0.15) is 5.82 Å². The van der Waals surface area contributed by atoms with Gasteiger partial charge in [-0.2, -0.15) is 0 Å². The molecule has 3 aliphatic rings. The van der Waals surface area contributed by atoms with Crippen molar-refractivity contribution in [1.82, 2.24) is 0 Å². The van der Waals surface area contributed by atoms with Crippen LogP contribution in [0.15, 0.2) is 121 Å². The molecule has 9 rings (SSSR count). The molecular formula is C40H30BFN2. The summed E-state index contributed by atoms with van der Waals surface area (Å²) in [6, 6.07) is 42.4. The first-order valence-corrected chi connectivity index (χ1v) is 15.3. The topological polar surface area (TPSA) is 15.3 Å². The van der Waals surface area contributed by atoms with Crippen LogP contribution in [0.2, 0.25) is 0 Å². The number of hydrogen-bond acceptors (Lipinski definition) is 2. The number of rotatable bonds is 2. The van der Waals surface area contributed by atoms with Crippen molar-refractivity contribution in [3.63, 3.8) is 0 Å². The average Bonchev–Trinajstić information content (AvgIpc) is 3.04. The van der Waals surface area contributed by atoms with Gasteiger partial charge in [0, 0.05) is 33.7 Å². The molecule has 0 radical (unpaired) electrons. The maximum absolute atomic E-state index is 14.6. The Morgan fingerprint density at radius 2 is 1.39 bits per heavy atom. The molecule has 2 nitrogen and oxygen atoms in total. The van der Waals surface area contributed by atoms with Crippen LogP contribution in [-0.2, 0) is 5.41 Å². The zero-order valence-corrected chi connectivity index (χ0v) is 24.9. The fourth-order valence-corrected chi connectivity index (χ4v) is 7.99. The van der Waals surface area contributed by atoms with E-state index in [1.807, 2.05) is 6.07 Å². The van der Waals surface area contributed by atoms with Gasteiger partial charge in [0.05, 0.1) is 5.69 Å². The number of aryl methyl sites for hydroxylation is 1. The van der Waals surface area contributed by atoms with Crippen LogP contribution in [0, 0.1) is 12.7 Å². The van der Waals surface area contributed by atoms with Gasteiger partial charge in [-0.1, -0.05) is 105 Å². The summed E-state index contributed by atoms with van der Waals surface area (Å²) in [4.78, 5) is 2.47. The fraction of sp³-hybridized carbons (Fsp3) is 0.100. The molecule has 6 aromatic carbocycles. The van der Waals surface area contributed by atoms with E-state index in [-0.39, 0.29) is 17.9 Å². The Morgan fingerprint density at radius 1 is 0.659 bits per heavy atom. The second-order valence-electron chi connectivity index (χ2n) is 12.8. The highest BCUT2D eigenvalue weighted by molar-refractivity contribution is 7.00. The molecule has 0 saturated heterocycles. The summed E-state index contributed by atoms with van der Waals surface area (Å²) >= 11 is 0.